The van der Waals surface area contributed by atoms with Crippen LogP contribution in [0, 0.1) is 11.8 Å². The van der Waals surface area contributed by atoms with E-state index in [-0.39, 0.29) is 17.9 Å². The number of likely N-dealkylation sites (tertiary alicyclic amines) is 1. The molecule has 0 bridgehead atoms. The summed E-state index contributed by atoms with van der Waals surface area (Å²) in [7, 11) is 0. The standard InChI is InChI=1S/C23H24N2O4/c26-22(20-13-18-16-4-2-1-3-14(16)5-6-19(18)24-20)25-10-7-15(8-11-25)21-17(23(27)28)9-12-29-21/h1-6,13,15,17,21,24H,7-12H2,(H,27,28)/t17?,21-/m0/s1. The van der Waals surface area contributed by atoms with Gasteiger partial charge in [-0.05, 0) is 48.1 Å². The Morgan fingerprint density at radius 2 is 1.83 bits per heavy atom. The van der Waals surface area contributed by atoms with Gasteiger partial charge in [0.05, 0.1) is 12.0 Å². The Balaban J connectivity index is 1.32. The Labute approximate surface area is 168 Å². The quantitative estimate of drug-likeness (QED) is 0.713. The fourth-order valence-electron chi connectivity index (χ4n) is 4.94. The molecule has 1 unspecified atom stereocenters. The van der Waals surface area contributed by atoms with Gasteiger partial charge in [-0.15, -0.1) is 0 Å². The average Bonchev–Trinajstić information content (AvgIpc) is 3.41. The number of fused-ring (bicyclic) bond motifs is 3. The smallest absolute Gasteiger partial charge is 0.309 e. The Kier molecular flexibility index (Phi) is 4.51. The van der Waals surface area contributed by atoms with Crippen LogP contribution in [0.25, 0.3) is 21.7 Å². The number of hydrogen-bond donors (Lipinski definition) is 2. The van der Waals surface area contributed by atoms with Crippen molar-refractivity contribution >= 4 is 33.6 Å². The largest absolute Gasteiger partial charge is 0.481 e. The predicted octanol–water partition coefficient (Wildman–Crippen LogP) is 3.66. The highest BCUT2D eigenvalue weighted by Gasteiger charge is 2.40. The molecule has 2 N–H and O–H groups in total. The van der Waals surface area contributed by atoms with Crippen molar-refractivity contribution in [1.29, 1.82) is 0 Å². The molecule has 1 aromatic heterocycles. The molecular weight excluding hydrogens is 368 g/mol. The molecule has 0 radical (unpaired) electrons. The van der Waals surface area contributed by atoms with Gasteiger partial charge < -0.3 is 19.7 Å². The number of ether oxygens (including phenoxy) is 1. The third kappa shape index (κ3) is 3.17. The fraction of sp³-hybridized carbons (Fsp3) is 0.391. The van der Waals surface area contributed by atoms with Crippen molar-refractivity contribution < 1.29 is 19.4 Å². The Morgan fingerprint density at radius 1 is 1.03 bits per heavy atom. The molecule has 2 fully saturated rings. The van der Waals surface area contributed by atoms with Gasteiger partial charge in [0, 0.05) is 30.6 Å². The van der Waals surface area contributed by atoms with Gasteiger partial charge in [0.25, 0.3) is 5.91 Å². The molecule has 2 aliphatic heterocycles. The zero-order valence-corrected chi connectivity index (χ0v) is 16.1. The van der Waals surface area contributed by atoms with E-state index >= 15 is 0 Å². The van der Waals surface area contributed by atoms with Crippen LogP contribution in [0.3, 0.4) is 0 Å². The van der Waals surface area contributed by atoms with Gasteiger partial charge in [0.15, 0.2) is 0 Å². The fourth-order valence-corrected chi connectivity index (χ4v) is 4.94. The molecule has 2 aromatic carbocycles. The number of carboxylic acid groups (broad SMARTS) is 1. The molecule has 0 saturated carbocycles. The molecule has 0 spiro atoms. The number of carboxylic acids is 1. The van der Waals surface area contributed by atoms with Gasteiger partial charge in [0.2, 0.25) is 0 Å². The predicted molar refractivity (Wildman–Crippen MR) is 110 cm³/mol. The van der Waals surface area contributed by atoms with Crippen LogP contribution in [0.15, 0.2) is 42.5 Å². The van der Waals surface area contributed by atoms with E-state index in [9.17, 15) is 14.7 Å². The summed E-state index contributed by atoms with van der Waals surface area (Å²) in [5.74, 6) is -0.972. The summed E-state index contributed by atoms with van der Waals surface area (Å²) < 4.78 is 5.74. The highest BCUT2D eigenvalue weighted by molar-refractivity contribution is 6.09. The van der Waals surface area contributed by atoms with Gasteiger partial charge in [-0.3, -0.25) is 9.59 Å². The summed E-state index contributed by atoms with van der Waals surface area (Å²) in [6, 6.07) is 14.2. The zero-order valence-electron chi connectivity index (χ0n) is 16.1. The van der Waals surface area contributed by atoms with Crippen molar-refractivity contribution in [3.63, 3.8) is 0 Å². The van der Waals surface area contributed by atoms with Crippen LogP contribution in [0.2, 0.25) is 0 Å². The molecule has 3 heterocycles. The monoisotopic (exact) mass is 392 g/mol. The second kappa shape index (κ2) is 7.19. The number of carbonyl (C=O) groups excluding carboxylic acids is 1. The van der Waals surface area contributed by atoms with Crippen LogP contribution in [0.5, 0.6) is 0 Å². The van der Waals surface area contributed by atoms with E-state index < -0.39 is 11.9 Å². The summed E-state index contributed by atoms with van der Waals surface area (Å²) in [5, 5.41) is 12.8. The molecular formula is C23H24N2O4. The maximum Gasteiger partial charge on any atom is 0.309 e. The number of carbonyl (C=O) groups is 2. The normalized spacial score (nSPS) is 23.1. The van der Waals surface area contributed by atoms with E-state index in [1.54, 1.807) is 0 Å². The van der Waals surface area contributed by atoms with E-state index in [4.69, 9.17) is 4.74 Å². The molecule has 150 valence electrons. The number of benzene rings is 2. The number of nitrogens with one attached hydrogen (secondary N) is 1. The van der Waals surface area contributed by atoms with Crippen molar-refractivity contribution in [2.75, 3.05) is 19.7 Å². The highest BCUT2D eigenvalue weighted by Crippen LogP contribution is 2.34. The number of nitrogens with zero attached hydrogens (tertiary/aromatic N) is 1. The third-order valence-electron chi connectivity index (χ3n) is 6.50. The molecule has 2 aliphatic rings. The summed E-state index contributed by atoms with van der Waals surface area (Å²) in [5.41, 5.74) is 1.57. The first-order chi connectivity index (χ1) is 14.1. The van der Waals surface area contributed by atoms with Gasteiger partial charge in [-0.25, -0.2) is 0 Å². The molecule has 6 heteroatoms. The maximum absolute atomic E-state index is 13.1. The first-order valence-electron chi connectivity index (χ1n) is 10.3. The zero-order chi connectivity index (χ0) is 20.0. The van der Waals surface area contributed by atoms with Crippen molar-refractivity contribution in [3.05, 3.63) is 48.2 Å². The molecule has 29 heavy (non-hydrogen) atoms. The first-order valence-corrected chi connectivity index (χ1v) is 10.3. The number of amides is 1. The van der Waals surface area contributed by atoms with Gasteiger partial charge >= 0.3 is 5.97 Å². The number of hydrogen-bond acceptors (Lipinski definition) is 3. The van der Waals surface area contributed by atoms with Crippen molar-refractivity contribution in [2.24, 2.45) is 11.8 Å². The Hall–Kier alpha value is -2.86. The molecule has 5 rings (SSSR count). The molecule has 2 saturated heterocycles. The van der Waals surface area contributed by atoms with Crippen molar-refractivity contribution in [2.45, 2.75) is 25.4 Å². The molecule has 2 atom stereocenters. The lowest BCUT2D eigenvalue weighted by molar-refractivity contribution is -0.145. The minimum absolute atomic E-state index is 0.00542. The topological polar surface area (TPSA) is 82.6 Å². The van der Waals surface area contributed by atoms with Crippen LogP contribution >= 0.6 is 0 Å². The first kappa shape index (κ1) is 18.2. The highest BCUT2D eigenvalue weighted by atomic mass is 16.5. The number of aromatic nitrogens is 1. The van der Waals surface area contributed by atoms with Crippen LogP contribution in [-0.4, -0.2) is 52.7 Å². The van der Waals surface area contributed by atoms with Crippen LogP contribution in [-0.2, 0) is 9.53 Å². The SMILES string of the molecule is O=C(O)C1CCO[C@H]1C1CCN(C(=O)c2cc3c(ccc4ccccc43)[nH]2)CC1. The number of rotatable bonds is 3. The van der Waals surface area contributed by atoms with Crippen LogP contribution in [0.1, 0.15) is 29.8 Å². The third-order valence-corrected chi connectivity index (χ3v) is 6.50. The summed E-state index contributed by atoms with van der Waals surface area (Å²) in [4.78, 5) is 29.7. The summed E-state index contributed by atoms with van der Waals surface area (Å²) in [6.07, 6.45) is 1.93. The van der Waals surface area contributed by atoms with Gasteiger partial charge in [-0.2, -0.15) is 0 Å². The molecule has 0 aliphatic carbocycles. The van der Waals surface area contributed by atoms with E-state index in [0.717, 1.165) is 34.5 Å². The molecule has 6 nitrogen and oxygen atoms in total. The minimum Gasteiger partial charge on any atom is -0.481 e. The molecule has 1 amide bonds. The van der Waals surface area contributed by atoms with Crippen LogP contribution < -0.4 is 0 Å². The van der Waals surface area contributed by atoms with E-state index in [1.165, 1.54) is 0 Å². The van der Waals surface area contributed by atoms with E-state index in [0.29, 0.717) is 31.8 Å². The lowest BCUT2D eigenvalue weighted by Gasteiger charge is -2.35. The lowest BCUT2D eigenvalue weighted by Crippen LogP contribution is -2.43. The van der Waals surface area contributed by atoms with Gasteiger partial charge in [-0.1, -0.05) is 30.3 Å². The Bertz CT molecular complexity index is 1080. The number of aromatic amines is 1. The average molecular weight is 392 g/mol. The Morgan fingerprint density at radius 3 is 2.62 bits per heavy atom. The maximum atomic E-state index is 13.1. The lowest BCUT2D eigenvalue weighted by atomic mass is 9.84. The minimum atomic E-state index is -0.767. The van der Waals surface area contributed by atoms with Crippen LogP contribution in [0.4, 0.5) is 0 Å². The second-order valence-electron chi connectivity index (χ2n) is 8.13. The number of H-pyrrole nitrogens is 1. The second-order valence-corrected chi connectivity index (χ2v) is 8.13. The summed E-state index contributed by atoms with van der Waals surface area (Å²) in [6.45, 7) is 1.78. The van der Waals surface area contributed by atoms with E-state index in [1.807, 2.05) is 29.2 Å². The summed E-state index contributed by atoms with van der Waals surface area (Å²) >= 11 is 0. The molecule has 3 aromatic rings. The van der Waals surface area contributed by atoms with Crippen molar-refractivity contribution in [3.8, 4) is 0 Å². The van der Waals surface area contributed by atoms with Gasteiger partial charge in [0.1, 0.15) is 5.69 Å². The number of piperidine rings is 1. The van der Waals surface area contributed by atoms with E-state index in [2.05, 4.69) is 23.2 Å². The van der Waals surface area contributed by atoms with Crippen molar-refractivity contribution in [1.82, 2.24) is 9.88 Å². The number of aliphatic carboxylic acids is 1.